The van der Waals surface area contributed by atoms with E-state index in [-0.39, 0.29) is 16.7 Å². The molecule has 0 saturated heterocycles. The largest absolute Gasteiger partial charge is 0.506 e. The number of thioether (sulfide) groups is 1. The van der Waals surface area contributed by atoms with Crippen molar-refractivity contribution < 1.29 is 19.4 Å². The van der Waals surface area contributed by atoms with Gasteiger partial charge in [0, 0.05) is 6.61 Å². The number of ether oxygens (including phenoxy) is 2. The maximum Gasteiger partial charge on any atom is 0.341 e. The molecule has 0 aliphatic carbocycles. The van der Waals surface area contributed by atoms with Crippen LogP contribution in [-0.2, 0) is 9.47 Å². The molecule has 1 N–H and O–H groups in total. The van der Waals surface area contributed by atoms with Crippen molar-refractivity contribution in [2.75, 3.05) is 13.2 Å². The summed E-state index contributed by atoms with van der Waals surface area (Å²) in [7, 11) is 0. The highest BCUT2D eigenvalue weighted by Gasteiger charge is 2.19. The van der Waals surface area contributed by atoms with Crippen LogP contribution in [0.15, 0.2) is 23.1 Å². The highest BCUT2D eigenvalue weighted by atomic mass is 32.2. The van der Waals surface area contributed by atoms with Crippen molar-refractivity contribution in [3.05, 3.63) is 23.8 Å². The molecule has 2 atom stereocenters. The maximum absolute atomic E-state index is 12.6. The second kappa shape index (κ2) is 25.5. The van der Waals surface area contributed by atoms with Crippen molar-refractivity contribution in [2.24, 2.45) is 5.92 Å². The molecule has 0 bridgehead atoms. The zero-order valence-electron chi connectivity index (χ0n) is 26.5. The number of rotatable bonds is 27. The van der Waals surface area contributed by atoms with Gasteiger partial charge in [-0.3, -0.25) is 0 Å². The number of carbonyl (C=O) groups is 1. The number of benzene rings is 1. The van der Waals surface area contributed by atoms with Crippen molar-refractivity contribution in [3.63, 3.8) is 0 Å². The first-order valence-corrected chi connectivity index (χ1v) is 17.7. The Morgan fingerprint density at radius 2 is 1.30 bits per heavy atom. The summed E-state index contributed by atoms with van der Waals surface area (Å²) in [6, 6.07) is 5.27. The lowest BCUT2D eigenvalue weighted by atomic mass is 10.0. The van der Waals surface area contributed by atoms with Crippen LogP contribution in [0.3, 0.4) is 0 Å². The average molecular weight is 579 g/mol. The fourth-order valence-electron chi connectivity index (χ4n) is 5.06. The Hall–Kier alpha value is -1.20. The standard InChI is InChI=1S/C35H62O4S/c1-5-8-10-11-12-13-14-15-16-17-18-19-20-21-22-23-28-38-30(4)40-33-27-24-26-32(34(33)36)35(37)39-29-31(7-3)25-9-6-2/h24,26-27,30-31,36H,5-23,25,28-29H2,1-4H3. The summed E-state index contributed by atoms with van der Waals surface area (Å²) in [6.07, 6.45) is 26.1. The van der Waals surface area contributed by atoms with Crippen LogP contribution in [0.4, 0.5) is 0 Å². The first kappa shape index (κ1) is 36.8. The van der Waals surface area contributed by atoms with E-state index in [1.54, 1.807) is 12.1 Å². The Morgan fingerprint density at radius 1 is 0.775 bits per heavy atom. The number of para-hydroxylation sites is 1. The van der Waals surface area contributed by atoms with Gasteiger partial charge in [-0.25, -0.2) is 4.79 Å². The topological polar surface area (TPSA) is 55.8 Å². The summed E-state index contributed by atoms with van der Waals surface area (Å²) in [5.41, 5.74) is 0.146. The molecule has 1 aromatic carbocycles. The smallest absolute Gasteiger partial charge is 0.341 e. The summed E-state index contributed by atoms with van der Waals surface area (Å²) >= 11 is 1.45. The fraction of sp³-hybridized carbons (Fsp3) is 0.800. The SMILES string of the molecule is CCCCCCCCCCCCCCCCCCOC(C)Sc1cccc(C(=O)OCC(CC)CCCC)c1O. The van der Waals surface area contributed by atoms with E-state index in [4.69, 9.17) is 9.47 Å². The number of hydrogen-bond donors (Lipinski definition) is 1. The molecule has 2 unspecified atom stereocenters. The van der Waals surface area contributed by atoms with Crippen LogP contribution in [0.25, 0.3) is 0 Å². The van der Waals surface area contributed by atoms with Gasteiger partial charge in [-0.15, -0.1) is 0 Å². The molecule has 1 rings (SSSR count). The first-order chi connectivity index (χ1) is 19.5. The molecule has 0 aliphatic heterocycles. The highest BCUT2D eigenvalue weighted by Crippen LogP contribution is 2.35. The van der Waals surface area contributed by atoms with Gasteiger partial charge in [0.25, 0.3) is 0 Å². The third-order valence-electron chi connectivity index (χ3n) is 7.86. The lowest BCUT2D eigenvalue weighted by Crippen LogP contribution is -2.14. The quantitative estimate of drug-likeness (QED) is 0.0487. The van der Waals surface area contributed by atoms with Crippen LogP contribution in [0, 0.1) is 5.92 Å². The van der Waals surface area contributed by atoms with Crippen molar-refractivity contribution in [1.29, 1.82) is 0 Å². The van der Waals surface area contributed by atoms with E-state index in [9.17, 15) is 9.90 Å². The summed E-state index contributed by atoms with van der Waals surface area (Å²) in [5, 5.41) is 10.7. The average Bonchev–Trinajstić information content (AvgIpc) is 2.95. The molecule has 0 spiro atoms. The molecule has 0 radical (unpaired) electrons. The second-order valence-corrected chi connectivity index (χ2v) is 12.9. The summed E-state index contributed by atoms with van der Waals surface area (Å²) in [5.74, 6) is -0.0739. The van der Waals surface area contributed by atoms with Crippen LogP contribution in [-0.4, -0.2) is 29.7 Å². The third kappa shape index (κ3) is 18.3. The lowest BCUT2D eigenvalue weighted by Gasteiger charge is -2.16. The number of aromatic hydroxyl groups is 1. The van der Waals surface area contributed by atoms with Gasteiger partial charge in [-0.1, -0.05) is 154 Å². The number of carbonyl (C=O) groups excluding carboxylic acids is 1. The van der Waals surface area contributed by atoms with E-state index in [0.717, 1.165) is 38.7 Å². The maximum atomic E-state index is 12.6. The monoisotopic (exact) mass is 578 g/mol. The van der Waals surface area contributed by atoms with Crippen molar-refractivity contribution in [2.45, 2.75) is 166 Å². The van der Waals surface area contributed by atoms with Crippen LogP contribution >= 0.6 is 11.8 Å². The first-order valence-electron chi connectivity index (χ1n) is 16.8. The zero-order valence-corrected chi connectivity index (χ0v) is 27.3. The van der Waals surface area contributed by atoms with E-state index in [0.29, 0.717) is 17.4 Å². The van der Waals surface area contributed by atoms with Crippen LogP contribution in [0.2, 0.25) is 0 Å². The molecular formula is C35H62O4S. The van der Waals surface area contributed by atoms with Gasteiger partial charge >= 0.3 is 5.97 Å². The number of phenolic OH excluding ortho intramolecular Hbond substituents is 1. The van der Waals surface area contributed by atoms with E-state index in [1.165, 1.54) is 108 Å². The Balaban J connectivity index is 2.11. The Kier molecular flexibility index (Phi) is 23.5. The van der Waals surface area contributed by atoms with E-state index in [1.807, 2.05) is 13.0 Å². The van der Waals surface area contributed by atoms with E-state index >= 15 is 0 Å². The molecule has 0 heterocycles. The number of esters is 1. The molecular weight excluding hydrogens is 516 g/mol. The van der Waals surface area contributed by atoms with Gasteiger partial charge in [-0.05, 0) is 37.8 Å². The van der Waals surface area contributed by atoms with E-state index < -0.39 is 5.97 Å². The van der Waals surface area contributed by atoms with E-state index in [2.05, 4.69) is 20.8 Å². The predicted octanol–water partition coefficient (Wildman–Crippen LogP) is 11.5. The molecule has 0 aliphatic rings. The molecule has 1 aromatic rings. The number of hydrogen-bond acceptors (Lipinski definition) is 5. The fourth-order valence-corrected chi connectivity index (χ4v) is 5.96. The minimum Gasteiger partial charge on any atom is -0.506 e. The van der Waals surface area contributed by atoms with Crippen LogP contribution in [0.1, 0.15) is 166 Å². The van der Waals surface area contributed by atoms with Crippen LogP contribution < -0.4 is 0 Å². The highest BCUT2D eigenvalue weighted by molar-refractivity contribution is 7.99. The number of unbranched alkanes of at least 4 members (excludes halogenated alkanes) is 16. The number of phenols is 1. The summed E-state index contributed by atoms with van der Waals surface area (Å²) in [6.45, 7) is 9.72. The zero-order chi connectivity index (χ0) is 29.3. The van der Waals surface area contributed by atoms with Gasteiger partial charge in [0.15, 0.2) is 0 Å². The molecule has 0 fully saturated rings. The Bertz CT molecular complexity index is 738. The van der Waals surface area contributed by atoms with Gasteiger partial charge < -0.3 is 14.6 Å². The summed E-state index contributed by atoms with van der Waals surface area (Å²) < 4.78 is 11.5. The van der Waals surface area contributed by atoms with Crippen LogP contribution in [0.5, 0.6) is 5.75 Å². The molecule has 4 nitrogen and oxygen atoms in total. The third-order valence-corrected chi connectivity index (χ3v) is 8.91. The normalized spacial score (nSPS) is 12.9. The Morgan fingerprint density at radius 3 is 1.82 bits per heavy atom. The van der Waals surface area contributed by atoms with Gasteiger partial charge in [0.1, 0.15) is 16.7 Å². The molecule has 232 valence electrons. The second-order valence-electron chi connectivity index (χ2n) is 11.5. The van der Waals surface area contributed by atoms with Crippen molar-refractivity contribution in [3.8, 4) is 5.75 Å². The van der Waals surface area contributed by atoms with Gasteiger partial charge in [-0.2, -0.15) is 0 Å². The molecule has 0 amide bonds. The predicted molar refractivity (Wildman–Crippen MR) is 173 cm³/mol. The lowest BCUT2D eigenvalue weighted by molar-refractivity contribution is 0.0424. The van der Waals surface area contributed by atoms with Crippen molar-refractivity contribution in [1.82, 2.24) is 0 Å². The molecule has 0 saturated carbocycles. The Labute approximate surface area is 251 Å². The van der Waals surface area contributed by atoms with Gasteiger partial charge in [0.05, 0.1) is 11.5 Å². The minimum absolute atomic E-state index is 0.00281. The van der Waals surface area contributed by atoms with Gasteiger partial charge in [0.2, 0.25) is 0 Å². The molecule has 5 heteroatoms. The van der Waals surface area contributed by atoms with Crippen molar-refractivity contribution >= 4 is 17.7 Å². The summed E-state index contributed by atoms with van der Waals surface area (Å²) in [4.78, 5) is 13.3. The minimum atomic E-state index is -0.448. The molecule has 0 aromatic heterocycles. The molecule has 40 heavy (non-hydrogen) atoms.